The molecule has 0 spiro atoms. The lowest BCUT2D eigenvalue weighted by atomic mass is 9.95. The van der Waals surface area contributed by atoms with Gasteiger partial charge in [-0.2, -0.15) is 4.98 Å². The molecular weight excluding hydrogens is 256 g/mol. The first-order valence-electron chi connectivity index (χ1n) is 7.49. The minimum atomic E-state index is 0.123. The van der Waals surface area contributed by atoms with E-state index in [1.807, 2.05) is 13.8 Å². The summed E-state index contributed by atoms with van der Waals surface area (Å²) in [4.78, 5) is 18.5. The molecule has 1 aliphatic rings. The predicted molar refractivity (Wildman–Crippen MR) is 75.1 cm³/mol. The smallest absolute Gasteiger partial charge is 0.243 e. The molecule has 1 aromatic rings. The van der Waals surface area contributed by atoms with Gasteiger partial charge in [-0.25, -0.2) is 0 Å². The Balaban J connectivity index is 1.88. The lowest BCUT2D eigenvalue weighted by Gasteiger charge is -2.33. The molecule has 1 atom stereocenters. The van der Waals surface area contributed by atoms with E-state index >= 15 is 0 Å². The van der Waals surface area contributed by atoms with E-state index < -0.39 is 0 Å². The Labute approximate surface area is 119 Å². The second-order valence-corrected chi connectivity index (χ2v) is 5.28. The highest BCUT2D eigenvalue weighted by Gasteiger charge is 2.29. The second-order valence-electron chi connectivity index (χ2n) is 5.28. The molecule has 1 aromatic heterocycles. The lowest BCUT2D eigenvalue weighted by Crippen LogP contribution is -2.41. The van der Waals surface area contributed by atoms with Crippen molar-refractivity contribution in [2.24, 2.45) is 5.92 Å². The minimum Gasteiger partial charge on any atom is -0.356 e. The van der Waals surface area contributed by atoms with Gasteiger partial charge in [0.25, 0.3) is 0 Å². The fourth-order valence-corrected chi connectivity index (χ4v) is 2.60. The molecule has 1 N–H and O–H groups in total. The van der Waals surface area contributed by atoms with E-state index in [0.29, 0.717) is 12.4 Å². The number of piperidine rings is 1. The molecule has 0 radical (unpaired) electrons. The zero-order chi connectivity index (χ0) is 14.5. The number of aromatic nitrogens is 2. The van der Waals surface area contributed by atoms with Crippen LogP contribution in [-0.2, 0) is 11.2 Å². The van der Waals surface area contributed by atoms with Crippen molar-refractivity contribution in [2.45, 2.75) is 46.1 Å². The van der Waals surface area contributed by atoms with Crippen LogP contribution in [0.3, 0.4) is 0 Å². The summed E-state index contributed by atoms with van der Waals surface area (Å²) in [6.45, 7) is 8.55. The van der Waals surface area contributed by atoms with Crippen LogP contribution in [0.2, 0.25) is 0 Å². The number of rotatable bonds is 5. The maximum atomic E-state index is 11.8. The minimum absolute atomic E-state index is 0.123. The van der Waals surface area contributed by atoms with Gasteiger partial charge in [0.1, 0.15) is 0 Å². The predicted octanol–water partition coefficient (Wildman–Crippen LogP) is 1.54. The van der Waals surface area contributed by atoms with Crippen molar-refractivity contribution in [2.75, 3.05) is 19.6 Å². The Morgan fingerprint density at radius 3 is 2.70 bits per heavy atom. The standard InChI is InChI=1S/C14H24N4O2/c1-4-12-16-14(20-17-12)10(3)18-8-6-11(7-9-18)13(19)15-5-2/h10-11H,4-9H2,1-3H3,(H,15,19)/t10-/m0/s1. The van der Waals surface area contributed by atoms with E-state index in [9.17, 15) is 4.79 Å². The number of carbonyl (C=O) groups excluding carboxylic acids is 1. The summed E-state index contributed by atoms with van der Waals surface area (Å²) in [5.74, 6) is 1.76. The molecule has 112 valence electrons. The van der Waals surface area contributed by atoms with Crippen LogP contribution in [-0.4, -0.2) is 40.6 Å². The van der Waals surface area contributed by atoms with Crippen LogP contribution in [0.4, 0.5) is 0 Å². The van der Waals surface area contributed by atoms with Crippen LogP contribution in [0.5, 0.6) is 0 Å². The lowest BCUT2D eigenvalue weighted by molar-refractivity contribution is -0.126. The highest BCUT2D eigenvalue weighted by molar-refractivity contribution is 5.78. The van der Waals surface area contributed by atoms with Crippen molar-refractivity contribution in [3.05, 3.63) is 11.7 Å². The summed E-state index contributed by atoms with van der Waals surface area (Å²) in [7, 11) is 0. The highest BCUT2D eigenvalue weighted by Crippen LogP contribution is 2.25. The van der Waals surface area contributed by atoms with Gasteiger partial charge in [-0.1, -0.05) is 12.1 Å². The molecule has 0 aromatic carbocycles. The molecule has 0 aliphatic carbocycles. The second kappa shape index (κ2) is 6.83. The number of amides is 1. The van der Waals surface area contributed by atoms with Gasteiger partial charge in [-0.15, -0.1) is 0 Å². The molecule has 1 aliphatic heterocycles. The van der Waals surface area contributed by atoms with Gasteiger partial charge in [0.15, 0.2) is 5.82 Å². The maximum Gasteiger partial charge on any atom is 0.243 e. The largest absolute Gasteiger partial charge is 0.356 e. The van der Waals surface area contributed by atoms with Gasteiger partial charge < -0.3 is 9.84 Å². The summed E-state index contributed by atoms with van der Waals surface area (Å²) < 4.78 is 5.30. The molecule has 20 heavy (non-hydrogen) atoms. The van der Waals surface area contributed by atoms with Crippen LogP contribution in [0.1, 0.15) is 51.4 Å². The van der Waals surface area contributed by atoms with Gasteiger partial charge in [0.2, 0.25) is 11.8 Å². The molecule has 2 rings (SSSR count). The third-order valence-electron chi connectivity index (χ3n) is 3.96. The van der Waals surface area contributed by atoms with Gasteiger partial charge in [-0.3, -0.25) is 9.69 Å². The Kier molecular flexibility index (Phi) is 5.11. The van der Waals surface area contributed by atoms with E-state index in [2.05, 4.69) is 27.3 Å². The fraction of sp³-hybridized carbons (Fsp3) is 0.786. The van der Waals surface area contributed by atoms with E-state index in [1.54, 1.807) is 0 Å². The van der Waals surface area contributed by atoms with Crippen molar-refractivity contribution in [1.29, 1.82) is 0 Å². The van der Waals surface area contributed by atoms with Crippen LogP contribution in [0.15, 0.2) is 4.52 Å². The molecule has 6 nitrogen and oxygen atoms in total. The number of hydrogen-bond acceptors (Lipinski definition) is 5. The molecule has 1 fully saturated rings. The molecule has 0 bridgehead atoms. The summed E-state index contributed by atoms with van der Waals surface area (Å²) in [6, 6.07) is 0.123. The summed E-state index contributed by atoms with van der Waals surface area (Å²) in [6.07, 6.45) is 2.57. The zero-order valence-corrected chi connectivity index (χ0v) is 12.6. The average molecular weight is 280 g/mol. The van der Waals surface area contributed by atoms with Crippen molar-refractivity contribution in [3.63, 3.8) is 0 Å². The third kappa shape index (κ3) is 3.36. The van der Waals surface area contributed by atoms with Crippen LogP contribution >= 0.6 is 0 Å². The number of carbonyl (C=O) groups is 1. The Morgan fingerprint density at radius 2 is 2.15 bits per heavy atom. The van der Waals surface area contributed by atoms with E-state index in [0.717, 1.165) is 38.2 Å². The number of likely N-dealkylation sites (tertiary alicyclic amines) is 1. The number of nitrogens with one attached hydrogen (secondary N) is 1. The summed E-state index contributed by atoms with van der Waals surface area (Å²) >= 11 is 0. The Hall–Kier alpha value is -1.43. The molecule has 1 amide bonds. The number of aryl methyl sites for hydroxylation is 1. The number of nitrogens with zero attached hydrogens (tertiary/aromatic N) is 3. The van der Waals surface area contributed by atoms with Crippen molar-refractivity contribution >= 4 is 5.91 Å². The average Bonchev–Trinajstić information content (AvgIpc) is 2.96. The van der Waals surface area contributed by atoms with Crippen molar-refractivity contribution in [3.8, 4) is 0 Å². The topological polar surface area (TPSA) is 71.3 Å². The summed E-state index contributed by atoms with van der Waals surface area (Å²) in [5.41, 5.74) is 0. The van der Waals surface area contributed by atoms with Gasteiger partial charge in [-0.05, 0) is 39.8 Å². The van der Waals surface area contributed by atoms with E-state index in [1.165, 1.54) is 0 Å². The Bertz CT molecular complexity index is 438. The highest BCUT2D eigenvalue weighted by atomic mass is 16.5. The number of hydrogen-bond donors (Lipinski definition) is 1. The molecular formula is C14H24N4O2. The van der Waals surface area contributed by atoms with Gasteiger partial charge in [0.05, 0.1) is 6.04 Å². The third-order valence-corrected chi connectivity index (χ3v) is 3.96. The molecule has 0 saturated carbocycles. The SMILES string of the molecule is CCNC(=O)C1CCN([C@@H](C)c2nc(CC)no2)CC1. The molecule has 2 heterocycles. The van der Waals surface area contributed by atoms with Crippen LogP contribution in [0, 0.1) is 5.92 Å². The van der Waals surface area contributed by atoms with Gasteiger partial charge in [0, 0.05) is 18.9 Å². The van der Waals surface area contributed by atoms with E-state index in [-0.39, 0.29) is 17.9 Å². The monoisotopic (exact) mass is 280 g/mol. The molecule has 0 unspecified atom stereocenters. The first-order chi connectivity index (χ1) is 9.65. The zero-order valence-electron chi connectivity index (χ0n) is 12.6. The van der Waals surface area contributed by atoms with Gasteiger partial charge >= 0.3 is 0 Å². The quantitative estimate of drug-likeness (QED) is 0.886. The first kappa shape index (κ1) is 15.0. The Morgan fingerprint density at radius 1 is 1.45 bits per heavy atom. The summed E-state index contributed by atoms with van der Waals surface area (Å²) in [5, 5.41) is 6.84. The van der Waals surface area contributed by atoms with Crippen molar-refractivity contribution < 1.29 is 9.32 Å². The van der Waals surface area contributed by atoms with Crippen LogP contribution < -0.4 is 5.32 Å². The maximum absolute atomic E-state index is 11.8. The van der Waals surface area contributed by atoms with E-state index in [4.69, 9.17) is 4.52 Å². The normalized spacial score (nSPS) is 18.9. The van der Waals surface area contributed by atoms with Crippen LogP contribution in [0.25, 0.3) is 0 Å². The molecule has 1 saturated heterocycles. The molecule has 6 heteroatoms. The fourth-order valence-electron chi connectivity index (χ4n) is 2.60. The first-order valence-corrected chi connectivity index (χ1v) is 7.49. The van der Waals surface area contributed by atoms with Crippen molar-refractivity contribution in [1.82, 2.24) is 20.4 Å².